The maximum Gasteiger partial charge on any atom is 0.241 e. The van der Waals surface area contributed by atoms with Gasteiger partial charge in [-0.15, -0.1) is 0 Å². The van der Waals surface area contributed by atoms with Crippen molar-refractivity contribution in [3.63, 3.8) is 0 Å². The largest absolute Gasteiger partial charge is 0.497 e. The SMILES string of the molecule is COc1ccc(S(=O)(=O)N[C@@H](C)C(=O)N2CCCC(CN3CCC(C)CC3)C2)cc1. The molecule has 2 aliphatic heterocycles. The Balaban J connectivity index is 1.55. The van der Waals surface area contributed by atoms with Crippen molar-refractivity contribution in [1.82, 2.24) is 14.5 Å². The molecular weight excluding hydrogens is 402 g/mol. The quantitative estimate of drug-likeness (QED) is 0.708. The predicted octanol–water partition coefficient (Wildman–Crippen LogP) is 2.33. The normalized spacial score (nSPS) is 22.6. The topological polar surface area (TPSA) is 78.9 Å². The van der Waals surface area contributed by atoms with E-state index in [0.717, 1.165) is 38.4 Å². The van der Waals surface area contributed by atoms with Crippen molar-refractivity contribution < 1.29 is 17.9 Å². The first-order chi connectivity index (χ1) is 14.3. The van der Waals surface area contributed by atoms with Crippen LogP contribution in [0.25, 0.3) is 0 Å². The fraction of sp³-hybridized carbons (Fsp3) is 0.682. The fourth-order valence-corrected chi connectivity index (χ4v) is 5.60. The highest BCUT2D eigenvalue weighted by Crippen LogP contribution is 2.22. The van der Waals surface area contributed by atoms with E-state index in [1.54, 1.807) is 19.1 Å². The number of nitrogens with one attached hydrogen (secondary N) is 1. The van der Waals surface area contributed by atoms with Crippen molar-refractivity contribution in [1.29, 1.82) is 0 Å². The molecule has 0 aliphatic carbocycles. The zero-order valence-electron chi connectivity index (χ0n) is 18.3. The summed E-state index contributed by atoms with van der Waals surface area (Å²) in [7, 11) is -2.24. The third-order valence-electron chi connectivity index (χ3n) is 6.30. The number of piperidine rings is 2. The number of benzene rings is 1. The molecule has 30 heavy (non-hydrogen) atoms. The molecule has 0 saturated carbocycles. The highest BCUT2D eigenvalue weighted by Gasteiger charge is 2.30. The van der Waals surface area contributed by atoms with Crippen molar-refractivity contribution in [2.24, 2.45) is 11.8 Å². The molecule has 2 saturated heterocycles. The van der Waals surface area contributed by atoms with Gasteiger partial charge in [0.2, 0.25) is 15.9 Å². The van der Waals surface area contributed by atoms with Crippen LogP contribution in [0.15, 0.2) is 29.2 Å². The second kappa shape index (κ2) is 10.1. The number of hydrogen-bond donors (Lipinski definition) is 1. The van der Waals surface area contributed by atoms with Crippen LogP contribution in [0.4, 0.5) is 0 Å². The number of likely N-dealkylation sites (tertiary alicyclic amines) is 2. The van der Waals surface area contributed by atoms with E-state index in [1.807, 2.05) is 4.90 Å². The number of nitrogens with zero attached hydrogens (tertiary/aromatic N) is 2. The number of methoxy groups -OCH3 is 1. The third-order valence-corrected chi connectivity index (χ3v) is 7.85. The molecule has 2 fully saturated rings. The Morgan fingerprint density at radius 1 is 1.17 bits per heavy atom. The lowest BCUT2D eigenvalue weighted by atomic mass is 9.94. The van der Waals surface area contributed by atoms with E-state index >= 15 is 0 Å². The summed E-state index contributed by atoms with van der Waals surface area (Å²) in [6, 6.07) is 5.35. The Labute approximate surface area is 180 Å². The molecule has 7 nitrogen and oxygen atoms in total. The summed E-state index contributed by atoms with van der Waals surface area (Å²) in [6.07, 6.45) is 4.60. The lowest BCUT2D eigenvalue weighted by Gasteiger charge is -2.38. The smallest absolute Gasteiger partial charge is 0.241 e. The zero-order chi connectivity index (χ0) is 21.7. The maximum absolute atomic E-state index is 13.0. The summed E-state index contributed by atoms with van der Waals surface area (Å²) in [5.74, 6) is 1.71. The Hall–Kier alpha value is -1.64. The average molecular weight is 438 g/mol. The molecule has 168 valence electrons. The molecule has 1 amide bonds. The van der Waals surface area contributed by atoms with Gasteiger partial charge < -0.3 is 14.5 Å². The van der Waals surface area contributed by atoms with Crippen LogP contribution in [0.3, 0.4) is 0 Å². The van der Waals surface area contributed by atoms with E-state index < -0.39 is 16.1 Å². The number of rotatable bonds is 7. The summed E-state index contributed by atoms with van der Waals surface area (Å²) in [4.78, 5) is 17.4. The molecule has 0 radical (unpaired) electrons. The number of carbonyl (C=O) groups is 1. The van der Waals surface area contributed by atoms with Crippen LogP contribution < -0.4 is 9.46 Å². The molecule has 3 rings (SSSR count). The number of amides is 1. The molecule has 2 atom stereocenters. The van der Waals surface area contributed by atoms with Crippen LogP contribution in [0.1, 0.15) is 39.5 Å². The number of hydrogen-bond acceptors (Lipinski definition) is 5. The van der Waals surface area contributed by atoms with Crippen LogP contribution in [-0.2, 0) is 14.8 Å². The van der Waals surface area contributed by atoms with E-state index in [1.165, 1.54) is 32.1 Å². The van der Waals surface area contributed by atoms with Crippen molar-refractivity contribution in [3.05, 3.63) is 24.3 Å². The highest BCUT2D eigenvalue weighted by atomic mass is 32.2. The van der Waals surface area contributed by atoms with Gasteiger partial charge in [-0.1, -0.05) is 6.92 Å². The first-order valence-electron chi connectivity index (χ1n) is 11.0. The standard InChI is InChI=1S/C22H35N3O4S/c1-17-10-13-24(14-11-17)15-19-5-4-12-25(16-19)22(26)18(2)23-30(27,28)21-8-6-20(29-3)7-9-21/h6-9,17-19,23H,4-5,10-16H2,1-3H3/t18-,19?/m0/s1. The molecule has 2 heterocycles. The Morgan fingerprint density at radius 3 is 2.47 bits per heavy atom. The van der Waals surface area contributed by atoms with Gasteiger partial charge in [0.05, 0.1) is 18.0 Å². The zero-order valence-corrected chi connectivity index (χ0v) is 19.2. The van der Waals surface area contributed by atoms with Gasteiger partial charge in [0.15, 0.2) is 0 Å². The summed E-state index contributed by atoms with van der Waals surface area (Å²) >= 11 is 0. The molecular formula is C22H35N3O4S. The van der Waals surface area contributed by atoms with Crippen LogP contribution in [0.5, 0.6) is 5.75 Å². The van der Waals surface area contributed by atoms with Gasteiger partial charge in [0, 0.05) is 19.6 Å². The molecule has 1 unspecified atom stereocenters. The molecule has 1 aromatic carbocycles. The lowest BCUT2D eigenvalue weighted by Crippen LogP contribution is -2.51. The van der Waals surface area contributed by atoms with Gasteiger partial charge in [-0.3, -0.25) is 4.79 Å². The number of sulfonamides is 1. The minimum absolute atomic E-state index is 0.124. The summed E-state index contributed by atoms with van der Waals surface area (Å²) in [6.45, 7) is 8.65. The highest BCUT2D eigenvalue weighted by molar-refractivity contribution is 7.89. The van der Waals surface area contributed by atoms with E-state index in [9.17, 15) is 13.2 Å². The Bertz CT molecular complexity index is 804. The van der Waals surface area contributed by atoms with E-state index in [0.29, 0.717) is 24.8 Å². The van der Waals surface area contributed by atoms with Crippen LogP contribution >= 0.6 is 0 Å². The molecule has 0 spiro atoms. The van der Waals surface area contributed by atoms with Gasteiger partial charge in [0.1, 0.15) is 5.75 Å². The van der Waals surface area contributed by atoms with Crippen molar-refractivity contribution >= 4 is 15.9 Å². The van der Waals surface area contributed by atoms with Gasteiger partial charge in [-0.05, 0) is 81.8 Å². The summed E-state index contributed by atoms with van der Waals surface area (Å²) < 4.78 is 32.9. The van der Waals surface area contributed by atoms with Gasteiger partial charge in [-0.2, -0.15) is 4.72 Å². The molecule has 8 heteroatoms. The third kappa shape index (κ3) is 5.95. The second-order valence-corrected chi connectivity index (χ2v) is 10.5. The molecule has 1 aromatic rings. The van der Waals surface area contributed by atoms with Crippen LogP contribution in [0.2, 0.25) is 0 Å². The Morgan fingerprint density at radius 2 is 1.83 bits per heavy atom. The van der Waals surface area contributed by atoms with E-state index in [2.05, 4.69) is 16.5 Å². The van der Waals surface area contributed by atoms with E-state index in [4.69, 9.17) is 4.74 Å². The molecule has 1 N–H and O–H groups in total. The van der Waals surface area contributed by atoms with Crippen molar-refractivity contribution in [3.8, 4) is 5.75 Å². The second-order valence-electron chi connectivity index (χ2n) is 8.79. The van der Waals surface area contributed by atoms with Gasteiger partial charge >= 0.3 is 0 Å². The summed E-state index contributed by atoms with van der Waals surface area (Å²) in [5.41, 5.74) is 0. The first-order valence-corrected chi connectivity index (χ1v) is 12.4. The van der Waals surface area contributed by atoms with Gasteiger partial charge in [0.25, 0.3) is 0 Å². The van der Waals surface area contributed by atoms with Gasteiger partial charge in [-0.25, -0.2) is 8.42 Å². The van der Waals surface area contributed by atoms with Crippen molar-refractivity contribution in [2.75, 3.05) is 39.8 Å². The summed E-state index contributed by atoms with van der Waals surface area (Å²) in [5, 5.41) is 0. The minimum Gasteiger partial charge on any atom is -0.497 e. The fourth-order valence-electron chi connectivity index (χ4n) is 4.40. The predicted molar refractivity (Wildman–Crippen MR) is 117 cm³/mol. The Kier molecular flexibility index (Phi) is 7.76. The lowest BCUT2D eigenvalue weighted by molar-refractivity contribution is -0.134. The van der Waals surface area contributed by atoms with Crippen molar-refractivity contribution in [2.45, 2.75) is 50.5 Å². The van der Waals surface area contributed by atoms with Crippen LogP contribution in [0, 0.1) is 11.8 Å². The maximum atomic E-state index is 13.0. The van der Waals surface area contributed by atoms with Crippen LogP contribution in [-0.4, -0.2) is 70.0 Å². The number of carbonyl (C=O) groups excluding carboxylic acids is 1. The monoisotopic (exact) mass is 437 g/mol. The molecule has 0 bridgehead atoms. The number of ether oxygens (including phenoxy) is 1. The first kappa shape index (κ1) is 23.0. The molecule has 2 aliphatic rings. The average Bonchev–Trinajstić information content (AvgIpc) is 2.74. The minimum atomic E-state index is -3.77. The molecule has 0 aromatic heterocycles. The van der Waals surface area contributed by atoms with E-state index in [-0.39, 0.29) is 10.8 Å².